The molecule has 5 nitrogen and oxygen atoms in total. The van der Waals surface area contributed by atoms with Gasteiger partial charge in [0.15, 0.2) is 0 Å². The number of H-pyrrole nitrogens is 1. The van der Waals surface area contributed by atoms with E-state index in [4.69, 9.17) is 10.5 Å². The number of aromatic nitrogens is 2. The van der Waals surface area contributed by atoms with Gasteiger partial charge < -0.3 is 10.5 Å². The van der Waals surface area contributed by atoms with Gasteiger partial charge in [0.1, 0.15) is 11.6 Å². The Labute approximate surface area is 167 Å². The quantitative estimate of drug-likeness (QED) is 0.763. The molecule has 0 radical (unpaired) electrons. The number of allylic oxidation sites excluding steroid dienone is 1. The average Bonchev–Trinajstić information content (AvgIpc) is 3.02. The van der Waals surface area contributed by atoms with Crippen molar-refractivity contribution in [3.8, 4) is 11.9 Å². The molecule has 8 heteroatoms. The largest absolute Gasteiger partial charge is 0.422 e. The number of benzene rings is 1. The summed E-state index contributed by atoms with van der Waals surface area (Å²) in [6.07, 6.45) is -4.52. The van der Waals surface area contributed by atoms with Gasteiger partial charge in [-0.2, -0.15) is 23.5 Å². The normalized spacial score (nSPS) is 19.3. The van der Waals surface area contributed by atoms with Gasteiger partial charge in [0.25, 0.3) is 0 Å². The molecular formula is C21H23F3N4O. The topological polar surface area (TPSA) is 87.7 Å². The Morgan fingerprint density at radius 1 is 1.21 bits per heavy atom. The zero-order valence-electron chi connectivity index (χ0n) is 16.9. The van der Waals surface area contributed by atoms with Crippen molar-refractivity contribution in [1.82, 2.24) is 10.2 Å². The van der Waals surface area contributed by atoms with Crippen LogP contribution < -0.4 is 10.5 Å². The van der Waals surface area contributed by atoms with Gasteiger partial charge in [-0.3, -0.25) is 0 Å². The number of ether oxygens (including phenoxy) is 1. The minimum absolute atomic E-state index is 0.0529. The van der Waals surface area contributed by atoms with Crippen molar-refractivity contribution in [3.63, 3.8) is 0 Å². The molecule has 1 atom stereocenters. The molecule has 1 unspecified atom stereocenters. The molecule has 1 aromatic carbocycles. The second kappa shape index (κ2) is 6.83. The van der Waals surface area contributed by atoms with Crippen LogP contribution in [0.2, 0.25) is 0 Å². The van der Waals surface area contributed by atoms with E-state index >= 15 is 0 Å². The van der Waals surface area contributed by atoms with Crippen molar-refractivity contribution in [2.24, 2.45) is 11.7 Å². The fraction of sp³-hybridized carbons (Fsp3) is 0.429. The van der Waals surface area contributed by atoms with Crippen molar-refractivity contribution < 1.29 is 17.9 Å². The minimum Gasteiger partial charge on any atom is -0.422 e. The van der Waals surface area contributed by atoms with Crippen molar-refractivity contribution in [2.75, 3.05) is 0 Å². The number of aryl methyl sites for hydroxylation is 1. The summed E-state index contributed by atoms with van der Waals surface area (Å²) < 4.78 is 46.4. The Kier molecular flexibility index (Phi) is 4.89. The summed E-state index contributed by atoms with van der Waals surface area (Å²) in [5.74, 6) is -0.240. The monoisotopic (exact) mass is 404 g/mol. The van der Waals surface area contributed by atoms with Gasteiger partial charge in [0, 0.05) is 0 Å². The summed E-state index contributed by atoms with van der Waals surface area (Å²) in [6.45, 7) is 9.16. The highest BCUT2D eigenvalue weighted by Crippen LogP contribution is 2.54. The molecule has 1 aliphatic rings. The number of hydrogen-bond acceptors (Lipinski definition) is 4. The van der Waals surface area contributed by atoms with Gasteiger partial charge in [0.2, 0.25) is 11.8 Å². The lowest BCUT2D eigenvalue weighted by Gasteiger charge is -2.41. The first-order valence-electron chi connectivity index (χ1n) is 9.30. The van der Waals surface area contributed by atoms with Crippen LogP contribution >= 0.6 is 0 Å². The molecule has 0 saturated carbocycles. The molecule has 0 saturated heterocycles. The zero-order chi connectivity index (χ0) is 21.7. The fourth-order valence-corrected chi connectivity index (χ4v) is 4.21. The maximum absolute atomic E-state index is 13.6. The number of rotatable bonds is 3. The van der Waals surface area contributed by atoms with Crippen LogP contribution in [0, 0.1) is 24.2 Å². The van der Waals surface area contributed by atoms with Crippen LogP contribution in [0.1, 0.15) is 61.6 Å². The first-order chi connectivity index (χ1) is 13.4. The molecule has 1 aliphatic heterocycles. The Balaban J connectivity index is 2.50. The molecule has 2 heterocycles. The number of hydrogen-bond donors (Lipinski definition) is 2. The highest BCUT2D eigenvalue weighted by atomic mass is 19.4. The molecule has 0 spiro atoms. The van der Waals surface area contributed by atoms with Gasteiger partial charge in [0.05, 0.1) is 22.2 Å². The Morgan fingerprint density at radius 2 is 1.86 bits per heavy atom. The predicted octanol–water partition coefficient (Wildman–Crippen LogP) is 4.89. The third-order valence-electron chi connectivity index (χ3n) is 5.39. The molecule has 154 valence electrons. The lowest BCUT2D eigenvalue weighted by Crippen LogP contribution is -2.42. The number of aromatic amines is 1. The number of halogens is 3. The molecule has 0 fully saturated rings. The first-order valence-corrected chi connectivity index (χ1v) is 9.30. The molecule has 1 aromatic heterocycles. The van der Waals surface area contributed by atoms with E-state index in [2.05, 4.69) is 16.3 Å². The summed E-state index contributed by atoms with van der Waals surface area (Å²) in [4.78, 5) is 0. The Bertz CT molecular complexity index is 1030. The summed E-state index contributed by atoms with van der Waals surface area (Å²) in [5, 5.41) is 17.1. The van der Waals surface area contributed by atoms with E-state index < -0.39 is 17.2 Å². The molecule has 29 heavy (non-hydrogen) atoms. The zero-order valence-corrected chi connectivity index (χ0v) is 16.9. The van der Waals surface area contributed by atoms with E-state index in [0.717, 1.165) is 12.1 Å². The van der Waals surface area contributed by atoms with E-state index in [1.54, 1.807) is 13.0 Å². The van der Waals surface area contributed by atoms with E-state index in [-0.39, 0.29) is 29.2 Å². The number of nitrogens with zero attached hydrogens (tertiary/aromatic N) is 2. The molecule has 3 rings (SSSR count). The number of nitrogens with two attached hydrogens (primary N) is 1. The summed E-state index contributed by atoms with van der Waals surface area (Å²) in [5.41, 5.74) is 6.12. The molecule has 0 amide bonds. The van der Waals surface area contributed by atoms with Gasteiger partial charge in [-0.1, -0.05) is 39.3 Å². The van der Waals surface area contributed by atoms with E-state index in [1.165, 1.54) is 0 Å². The first kappa shape index (κ1) is 20.8. The van der Waals surface area contributed by atoms with Gasteiger partial charge in [-0.05, 0) is 36.5 Å². The van der Waals surface area contributed by atoms with Gasteiger partial charge in [-0.25, -0.2) is 5.10 Å². The highest BCUT2D eigenvalue weighted by Gasteiger charge is 2.52. The molecular weight excluding hydrogens is 381 g/mol. The summed E-state index contributed by atoms with van der Waals surface area (Å²) >= 11 is 0. The highest BCUT2D eigenvalue weighted by molar-refractivity contribution is 5.63. The number of fused-ring (bicyclic) bond motifs is 1. The summed E-state index contributed by atoms with van der Waals surface area (Å²) in [7, 11) is 0. The molecule has 0 bridgehead atoms. The lowest BCUT2D eigenvalue weighted by atomic mass is 9.61. The fourth-order valence-electron chi connectivity index (χ4n) is 4.21. The maximum atomic E-state index is 13.6. The Morgan fingerprint density at radius 3 is 2.38 bits per heavy atom. The minimum atomic E-state index is -4.52. The van der Waals surface area contributed by atoms with E-state index in [9.17, 15) is 18.4 Å². The average molecular weight is 404 g/mol. The van der Waals surface area contributed by atoms with E-state index in [1.807, 2.05) is 27.7 Å². The van der Waals surface area contributed by atoms with Crippen LogP contribution in [0.4, 0.5) is 13.2 Å². The number of nitriles is 1. The van der Waals surface area contributed by atoms with Crippen LogP contribution in [0.15, 0.2) is 29.7 Å². The summed E-state index contributed by atoms with van der Waals surface area (Å²) in [6, 6.07) is 5.97. The van der Waals surface area contributed by atoms with Crippen LogP contribution in [0.25, 0.3) is 0 Å². The smallest absolute Gasteiger partial charge is 0.416 e. The molecule has 0 aliphatic carbocycles. The van der Waals surface area contributed by atoms with Gasteiger partial charge >= 0.3 is 6.18 Å². The molecule has 3 N–H and O–H groups in total. The third-order valence-corrected chi connectivity index (χ3v) is 5.39. The number of alkyl halides is 3. The lowest BCUT2D eigenvalue weighted by molar-refractivity contribution is -0.137. The predicted molar refractivity (Wildman–Crippen MR) is 102 cm³/mol. The maximum Gasteiger partial charge on any atom is 0.416 e. The van der Waals surface area contributed by atoms with Crippen LogP contribution in [-0.2, 0) is 11.6 Å². The van der Waals surface area contributed by atoms with Crippen LogP contribution in [0.5, 0.6) is 5.88 Å². The number of nitrogens with one attached hydrogen (secondary N) is 1. The van der Waals surface area contributed by atoms with Crippen molar-refractivity contribution in [3.05, 3.63) is 57.6 Å². The van der Waals surface area contributed by atoms with Crippen molar-refractivity contribution in [1.29, 1.82) is 5.26 Å². The second-order valence-corrected chi connectivity index (χ2v) is 7.97. The SMILES string of the molecule is Cc1cc(C(F)(F)F)cc(C2(C(C)C)C(C#N)=C(N)Oc3[nH]nc(C(C)C)c32)c1. The third kappa shape index (κ3) is 3.05. The van der Waals surface area contributed by atoms with Crippen molar-refractivity contribution in [2.45, 2.75) is 52.1 Å². The van der Waals surface area contributed by atoms with Gasteiger partial charge in [-0.15, -0.1) is 0 Å². The van der Waals surface area contributed by atoms with Crippen molar-refractivity contribution >= 4 is 0 Å². The second-order valence-electron chi connectivity index (χ2n) is 7.97. The molecule has 2 aromatic rings. The van der Waals surface area contributed by atoms with Crippen LogP contribution in [-0.4, -0.2) is 10.2 Å². The standard InChI is InChI=1S/C21H23F3N4O/c1-10(2)17-16-19(28-27-17)29-18(26)15(9-25)20(16,11(3)4)13-6-12(5)7-14(8-13)21(22,23)24/h6-8,10-11H,26H2,1-5H3,(H,27,28). The Hall–Kier alpha value is -2.95. The van der Waals surface area contributed by atoms with E-state index in [0.29, 0.717) is 22.4 Å². The van der Waals surface area contributed by atoms with Crippen LogP contribution in [0.3, 0.4) is 0 Å².